The van der Waals surface area contributed by atoms with Crippen LogP contribution >= 0.6 is 11.8 Å². The molecule has 31 heavy (non-hydrogen) atoms. The lowest BCUT2D eigenvalue weighted by Crippen LogP contribution is -2.38. The van der Waals surface area contributed by atoms with Crippen molar-refractivity contribution in [2.75, 3.05) is 19.9 Å². The number of pyridine rings is 1. The molecular weight excluding hydrogens is 410 g/mol. The average molecular weight is 434 g/mol. The zero-order valence-corrected chi connectivity index (χ0v) is 17.9. The highest BCUT2D eigenvalue weighted by atomic mass is 32.2. The van der Waals surface area contributed by atoms with Gasteiger partial charge in [-0.1, -0.05) is 30.3 Å². The van der Waals surface area contributed by atoms with Gasteiger partial charge in [-0.3, -0.25) is 4.99 Å². The van der Waals surface area contributed by atoms with E-state index in [1.165, 1.54) is 11.1 Å². The largest absolute Gasteiger partial charge is 0.454 e. The van der Waals surface area contributed by atoms with Gasteiger partial charge in [0.05, 0.1) is 18.2 Å². The summed E-state index contributed by atoms with van der Waals surface area (Å²) in [7, 11) is 0. The van der Waals surface area contributed by atoms with E-state index in [0.717, 1.165) is 65.1 Å². The Morgan fingerprint density at radius 2 is 1.97 bits per heavy atom. The van der Waals surface area contributed by atoms with Crippen molar-refractivity contribution in [1.82, 2.24) is 9.88 Å². The third-order valence-corrected chi connectivity index (χ3v) is 6.97. The van der Waals surface area contributed by atoms with E-state index >= 15 is 0 Å². The second kappa shape index (κ2) is 8.05. The Labute approximate surface area is 185 Å². The molecule has 3 aromatic rings. The summed E-state index contributed by atoms with van der Waals surface area (Å²) in [6.07, 6.45) is 2.52. The highest BCUT2D eigenvalue weighted by molar-refractivity contribution is 8.13. The fourth-order valence-corrected chi connectivity index (χ4v) is 5.24. The highest BCUT2D eigenvalue weighted by Gasteiger charge is 2.28. The van der Waals surface area contributed by atoms with Crippen molar-refractivity contribution < 1.29 is 14.2 Å². The standard InChI is InChI=1S/C24H23N3O3S/c1-2-5-16(6-3-1)12-25-24-27(14-19-7-4-8-28-19)13-18-9-17-10-21-22(30-15-29-21)11-20(17)26-23(18)31-24/h1-3,5-6,9-11,19H,4,7-8,12-15H2/t19-/m1/s1. The first-order valence-electron chi connectivity index (χ1n) is 10.7. The lowest BCUT2D eigenvalue weighted by Gasteiger charge is -2.32. The van der Waals surface area contributed by atoms with Crippen LogP contribution in [0.2, 0.25) is 0 Å². The van der Waals surface area contributed by atoms with Gasteiger partial charge in [0.15, 0.2) is 16.7 Å². The molecule has 1 aromatic heterocycles. The molecule has 0 N–H and O–H groups in total. The smallest absolute Gasteiger partial charge is 0.231 e. The number of aromatic nitrogens is 1. The number of hydrogen-bond acceptors (Lipinski definition) is 6. The third-order valence-electron chi connectivity index (χ3n) is 5.86. The van der Waals surface area contributed by atoms with E-state index in [2.05, 4.69) is 35.2 Å². The highest BCUT2D eigenvalue weighted by Crippen LogP contribution is 2.39. The number of hydrogen-bond donors (Lipinski definition) is 0. The van der Waals surface area contributed by atoms with Crippen molar-refractivity contribution >= 4 is 27.8 Å². The van der Waals surface area contributed by atoms with E-state index in [4.69, 9.17) is 24.2 Å². The minimum atomic E-state index is 0.269. The minimum Gasteiger partial charge on any atom is -0.454 e. The molecule has 6 nitrogen and oxygen atoms in total. The second-order valence-electron chi connectivity index (χ2n) is 8.05. The molecule has 3 aliphatic heterocycles. The quantitative estimate of drug-likeness (QED) is 0.599. The van der Waals surface area contributed by atoms with Crippen molar-refractivity contribution in [2.24, 2.45) is 4.99 Å². The number of fused-ring (bicyclic) bond motifs is 3. The monoisotopic (exact) mass is 433 g/mol. The summed E-state index contributed by atoms with van der Waals surface area (Å²) in [5.41, 5.74) is 3.34. The molecule has 4 heterocycles. The summed E-state index contributed by atoms with van der Waals surface area (Å²) < 4.78 is 17.0. The maximum atomic E-state index is 5.92. The van der Waals surface area contributed by atoms with Crippen molar-refractivity contribution in [1.29, 1.82) is 0 Å². The fraction of sp³-hybridized carbons (Fsp3) is 0.333. The lowest BCUT2D eigenvalue weighted by molar-refractivity contribution is 0.0902. The first kappa shape index (κ1) is 19.0. The lowest BCUT2D eigenvalue weighted by atomic mass is 10.1. The van der Waals surface area contributed by atoms with Crippen molar-refractivity contribution in [3.8, 4) is 11.5 Å². The normalized spacial score (nSPS) is 21.1. The van der Waals surface area contributed by atoms with Crippen LogP contribution in [0.3, 0.4) is 0 Å². The van der Waals surface area contributed by atoms with E-state index in [-0.39, 0.29) is 12.9 Å². The number of nitrogens with zero attached hydrogens (tertiary/aromatic N) is 3. The Morgan fingerprint density at radius 3 is 2.81 bits per heavy atom. The molecule has 0 amide bonds. The van der Waals surface area contributed by atoms with Gasteiger partial charge in [0.25, 0.3) is 0 Å². The van der Waals surface area contributed by atoms with E-state index in [9.17, 15) is 0 Å². The molecule has 0 bridgehead atoms. The average Bonchev–Trinajstić information content (AvgIpc) is 3.47. The van der Waals surface area contributed by atoms with E-state index < -0.39 is 0 Å². The molecule has 7 heteroatoms. The SMILES string of the molecule is c1ccc(CN=C2Sc3nc4cc5c(cc4cc3CN2C[C@H]2CCCO2)OCO5)cc1. The van der Waals surface area contributed by atoms with Gasteiger partial charge in [0.2, 0.25) is 6.79 Å². The molecule has 3 aliphatic rings. The van der Waals surface area contributed by atoms with Crippen LogP contribution in [-0.2, 0) is 17.8 Å². The molecule has 6 rings (SSSR count). The molecule has 1 saturated heterocycles. The number of aliphatic imine (C=N–C) groups is 1. The Hall–Kier alpha value is -2.77. The number of benzene rings is 2. The van der Waals surface area contributed by atoms with Gasteiger partial charge in [0, 0.05) is 36.7 Å². The number of rotatable bonds is 4. The zero-order chi connectivity index (χ0) is 20.6. The Kier molecular flexibility index (Phi) is 4.92. The molecule has 1 fully saturated rings. The maximum Gasteiger partial charge on any atom is 0.231 e. The molecule has 1 atom stereocenters. The Bertz CT molecular complexity index is 1150. The van der Waals surface area contributed by atoms with Gasteiger partial charge in [-0.05, 0) is 42.3 Å². The van der Waals surface area contributed by atoms with Crippen LogP contribution in [0.4, 0.5) is 0 Å². The summed E-state index contributed by atoms with van der Waals surface area (Å²) in [4.78, 5) is 12.3. The molecule has 2 aromatic carbocycles. The van der Waals surface area contributed by atoms with Crippen LogP contribution in [0.15, 0.2) is 58.5 Å². The first-order valence-corrected chi connectivity index (χ1v) is 11.5. The summed E-state index contributed by atoms with van der Waals surface area (Å²) in [5.74, 6) is 1.55. The van der Waals surface area contributed by atoms with Gasteiger partial charge in [0.1, 0.15) is 5.03 Å². The molecule has 0 unspecified atom stereocenters. The Balaban J connectivity index is 1.34. The van der Waals surface area contributed by atoms with Gasteiger partial charge >= 0.3 is 0 Å². The third kappa shape index (κ3) is 3.83. The summed E-state index contributed by atoms with van der Waals surface area (Å²) in [6.45, 7) is 3.43. The predicted molar refractivity (Wildman–Crippen MR) is 121 cm³/mol. The summed E-state index contributed by atoms with van der Waals surface area (Å²) in [5, 5.41) is 3.10. The van der Waals surface area contributed by atoms with Crippen LogP contribution in [0.25, 0.3) is 10.9 Å². The van der Waals surface area contributed by atoms with Crippen molar-refractivity contribution in [3.63, 3.8) is 0 Å². The molecular formula is C24H23N3O3S. The molecule has 0 saturated carbocycles. The van der Waals surface area contributed by atoms with E-state index in [1.54, 1.807) is 11.8 Å². The van der Waals surface area contributed by atoms with Crippen LogP contribution < -0.4 is 9.47 Å². The maximum absolute atomic E-state index is 5.92. The van der Waals surface area contributed by atoms with E-state index in [1.807, 2.05) is 18.2 Å². The van der Waals surface area contributed by atoms with Gasteiger partial charge in [-0.2, -0.15) is 0 Å². The minimum absolute atomic E-state index is 0.269. The number of thioether (sulfide) groups is 1. The van der Waals surface area contributed by atoms with Crippen molar-refractivity contribution in [2.45, 2.75) is 37.1 Å². The molecule has 0 radical (unpaired) electrons. The topological polar surface area (TPSA) is 56.2 Å². The van der Waals surface area contributed by atoms with Gasteiger partial charge in [-0.15, -0.1) is 0 Å². The molecule has 158 valence electrons. The number of ether oxygens (including phenoxy) is 3. The summed E-state index contributed by atoms with van der Waals surface area (Å²) in [6, 6.07) is 16.6. The fourth-order valence-electron chi connectivity index (χ4n) is 4.27. The van der Waals surface area contributed by atoms with Gasteiger partial charge < -0.3 is 19.1 Å². The van der Waals surface area contributed by atoms with Gasteiger partial charge in [-0.25, -0.2) is 4.98 Å². The molecule has 0 spiro atoms. The van der Waals surface area contributed by atoms with Crippen molar-refractivity contribution in [3.05, 3.63) is 59.7 Å². The van der Waals surface area contributed by atoms with E-state index in [0.29, 0.717) is 6.54 Å². The number of amidine groups is 1. The second-order valence-corrected chi connectivity index (χ2v) is 9.01. The first-order chi connectivity index (χ1) is 15.3. The van der Waals surface area contributed by atoms with Crippen LogP contribution in [-0.4, -0.2) is 41.1 Å². The van der Waals surface area contributed by atoms with Crippen LogP contribution in [0.1, 0.15) is 24.0 Å². The van der Waals surface area contributed by atoms with Crippen LogP contribution in [0, 0.1) is 0 Å². The van der Waals surface area contributed by atoms with Crippen LogP contribution in [0.5, 0.6) is 11.5 Å². The molecule has 0 aliphatic carbocycles. The predicted octanol–water partition coefficient (Wildman–Crippen LogP) is 4.61. The zero-order valence-electron chi connectivity index (χ0n) is 17.1. The Morgan fingerprint density at radius 1 is 1.10 bits per heavy atom. The summed E-state index contributed by atoms with van der Waals surface area (Å²) >= 11 is 1.65.